The van der Waals surface area contributed by atoms with Crippen molar-refractivity contribution in [2.45, 2.75) is 5.33 Å². The molecule has 0 saturated heterocycles. The molecule has 0 N–H and O–H groups in total. The minimum Gasteiger partial charge on any atom is -0.222 e. The molecule has 0 unspecified atom stereocenters. The molecule has 1 heterocycles. The zero-order valence-corrected chi connectivity index (χ0v) is 7.28. The second-order valence-electron chi connectivity index (χ2n) is 1.70. The highest BCUT2D eigenvalue weighted by Gasteiger charge is 2.00. The smallest absolute Gasteiger partial charge is 0.213 e. The third-order valence-corrected chi connectivity index (χ3v) is 1.89. The molecule has 0 fully saturated rings. The number of pyridine rings is 1. The van der Waals surface area contributed by atoms with Gasteiger partial charge in [-0.15, -0.1) is 0 Å². The molecule has 1 aromatic rings. The van der Waals surface area contributed by atoms with Crippen molar-refractivity contribution in [2.75, 3.05) is 0 Å². The van der Waals surface area contributed by atoms with Crippen molar-refractivity contribution in [1.82, 2.24) is 4.98 Å². The van der Waals surface area contributed by atoms with Gasteiger partial charge in [0.2, 0.25) is 5.95 Å². The maximum atomic E-state index is 12.3. The van der Waals surface area contributed by atoms with Gasteiger partial charge in [0.1, 0.15) is 0 Å². The van der Waals surface area contributed by atoms with Gasteiger partial charge in [0.05, 0.1) is 10.7 Å². The standard InChI is InChI=1S/C6H4BrClFN/c7-3-5-4(8)1-2-6(9)10-5/h1-2H,3H2. The van der Waals surface area contributed by atoms with E-state index in [0.717, 1.165) is 0 Å². The Morgan fingerprint density at radius 2 is 2.30 bits per heavy atom. The van der Waals surface area contributed by atoms with Gasteiger partial charge in [0, 0.05) is 5.33 Å². The van der Waals surface area contributed by atoms with E-state index in [4.69, 9.17) is 11.6 Å². The van der Waals surface area contributed by atoms with Crippen molar-refractivity contribution < 1.29 is 4.39 Å². The summed E-state index contributed by atoms with van der Waals surface area (Å²) < 4.78 is 12.3. The Morgan fingerprint density at radius 3 is 2.80 bits per heavy atom. The predicted molar refractivity (Wildman–Crippen MR) is 41.8 cm³/mol. The van der Waals surface area contributed by atoms with Crippen LogP contribution in [-0.4, -0.2) is 4.98 Å². The largest absolute Gasteiger partial charge is 0.222 e. The average molecular weight is 224 g/mol. The van der Waals surface area contributed by atoms with Crippen LogP contribution in [0.5, 0.6) is 0 Å². The first-order valence-corrected chi connectivity index (χ1v) is 4.11. The summed E-state index contributed by atoms with van der Waals surface area (Å²) in [7, 11) is 0. The summed E-state index contributed by atoms with van der Waals surface area (Å²) in [5, 5.41) is 0.960. The Bertz CT molecular complexity index is 241. The molecule has 0 amide bonds. The number of nitrogens with zero attached hydrogens (tertiary/aromatic N) is 1. The molecule has 0 aliphatic carbocycles. The molecular formula is C6H4BrClFN. The molecule has 1 rings (SSSR count). The number of halogens is 3. The summed E-state index contributed by atoms with van der Waals surface area (Å²) in [6.07, 6.45) is 0. The van der Waals surface area contributed by atoms with Crippen LogP contribution in [0.3, 0.4) is 0 Å². The van der Waals surface area contributed by atoms with Crippen LogP contribution in [0, 0.1) is 5.95 Å². The van der Waals surface area contributed by atoms with E-state index in [9.17, 15) is 4.39 Å². The Morgan fingerprint density at radius 1 is 1.60 bits per heavy atom. The van der Waals surface area contributed by atoms with Gasteiger partial charge in [0.15, 0.2) is 0 Å². The van der Waals surface area contributed by atoms with Crippen LogP contribution in [-0.2, 0) is 5.33 Å². The summed E-state index contributed by atoms with van der Waals surface area (Å²) in [5.74, 6) is -0.501. The van der Waals surface area contributed by atoms with Crippen molar-refractivity contribution in [2.24, 2.45) is 0 Å². The zero-order valence-electron chi connectivity index (χ0n) is 4.94. The molecule has 0 bridgehead atoms. The number of hydrogen-bond donors (Lipinski definition) is 0. The molecule has 0 aliphatic heterocycles. The van der Waals surface area contributed by atoms with Crippen LogP contribution in [0.1, 0.15) is 5.69 Å². The maximum Gasteiger partial charge on any atom is 0.213 e. The van der Waals surface area contributed by atoms with Crippen molar-refractivity contribution in [1.29, 1.82) is 0 Å². The predicted octanol–water partition coefficient (Wildman–Crippen LogP) is 2.77. The van der Waals surface area contributed by atoms with Crippen LogP contribution in [0.25, 0.3) is 0 Å². The molecule has 4 heteroatoms. The molecule has 54 valence electrons. The van der Waals surface area contributed by atoms with E-state index in [2.05, 4.69) is 20.9 Å². The average Bonchev–Trinajstić information content (AvgIpc) is 1.94. The van der Waals surface area contributed by atoms with Gasteiger partial charge in [-0.3, -0.25) is 0 Å². The summed E-state index contributed by atoms with van der Waals surface area (Å²) in [4.78, 5) is 3.55. The molecule has 0 radical (unpaired) electrons. The topological polar surface area (TPSA) is 12.9 Å². The summed E-state index contributed by atoms with van der Waals surface area (Å²) in [6, 6.07) is 2.72. The quantitative estimate of drug-likeness (QED) is 0.528. The summed E-state index contributed by atoms with van der Waals surface area (Å²) in [6.45, 7) is 0. The SMILES string of the molecule is Fc1ccc(Cl)c(CBr)n1. The van der Waals surface area contributed by atoms with Gasteiger partial charge in [0.25, 0.3) is 0 Å². The van der Waals surface area contributed by atoms with Crippen LogP contribution in [0.15, 0.2) is 12.1 Å². The lowest BCUT2D eigenvalue weighted by Gasteiger charge is -1.96. The Balaban J connectivity index is 3.09. The highest BCUT2D eigenvalue weighted by atomic mass is 79.9. The van der Waals surface area contributed by atoms with Crippen LogP contribution < -0.4 is 0 Å². The van der Waals surface area contributed by atoms with Crippen molar-refractivity contribution >= 4 is 27.5 Å². The van der Waals surface area contributed by atoms with Crippen LogP contribution in [0.2, 0.25) is 5.02 Å². The maximum absolute atomic E-state index is 12.3. The van der Waals surface area contributed by atoms with Crippen molar-refractivity contribution in [3.05, 3.63) is 28.8 Å². The van der Waals surface area contributed by atoms with E-state index < -0.39 is 5.95 Å². The first kappa shape index (κ1) is 7.95. The van der Waals surface area contributed by atoms with Crippen molar-refractivity contribution in [3.63, 3.8) is 0 Å². The lowest BCUT2D eigenvalue weighted by Crippen LogP contribution is -1.89. The second kappa shape index (κ2) is 3.30. The molecule has 0 aliphatic rings. The fourth-order valence-corrected chi connectivity index (χ4v) is 1.31. The first-order chi connectivity index (χ1) is 4.74. The zero-order chi connectivity index (χ0) is 7.56. The Kier molecular flexibility index (Phi) is 2.63. The van der Waals surface area contributed by atoms with E-state index in [0.29, 0.717) is 16.0 Å². The van der Waals surface area contributed by atoms with Gasteiger partial charge in [-0.2, -0.15) is 4.39 Å². The number of rotatable bonds is 1. The normalized spacial score (nSPS) is 9.90. The fraction of sp³-hybridized carbons (Fsp3) is 0.167. The number of aromatic nitrogens is 1. The highest BCUT2D eigenvalue weighted by Crippen LogP contribution is 2.15. The van der Waals surface area contributed by atoms with Gasteiger partial charge in [-0.1, -0.05) is 27.5 Å². The minimum absolute atomic E-state index is 0.476. The van der Waals surface area contributed by atoms with Gasteiger partial charge in [-0.25, -0.2) is 4.98 Å². The van der Waals surface area contributed by atoms with E-state index in [-0.39, 0.29) is 0 Å². The van der Waals surface area contributed by atoms with Crippen LogP contribution >= 0.6 is 27.5 Å². The molecule has 1 aromatic heterocycles. The van der Waals surface area contributed by atoms with Gasteiger partial charge in [-0.05, 0) is 12.1 Å². The summed E-state index contributed by atoms with van der Waals surface area (Å²) in [5.41, 5.74) is 0.529. The third-order valence-electron chi connectivity index (χ3n) is 1.01. The molecule has 1 nitrogen and oxygen atoms in total. The Labute approximate surface area is 71.4 Å². The second-order valence-corrected chi connectivity index (χ2v) is 2.66. The fourth-order valence-electron chi connectivity index (χ4n) is 0.551. The monoisotopic (exact) mass is 223 g/mol. The molecule has 0 atom stereocenters. The highest BCUT2D eigenvalue weighted by molar-refractivity contribution is 9.08. The van der Waals surface area contributed by atoms with Gasteiger partial charge < -0.3 is 0 Å². The Hall–Kier alpha value is -0.150. The lowest BCUT2D eigenvalue weighted by molar-refractivity contribution is 0.580. The minimum atomic E-state index is -0.501. The first-order valence-electron chi connectivity index (χ1n) is 2.61. The summed E-state index contributed by atoms with van der Waals surface area (Å²) >= 11 is 8.77. The van der Waals surface area contributed by atoms with E-state index in [1.165, 1.54) is 12.1 Å². The molecule has 0 aromatic carbocycles. The van der Waals surface area contributed by atoms with E-state index in [1.54, 1.807) is 0 Å². The molecule has 0 spiro atoms. The van der Waals surface area contributed by atoms with Crippen LogP contribution in [0.4, 0.5) is 4.39 Å². The number of alkyl halides is 1. The van der Waals surface area contributed by atoms with E-state index >= 15 is 0 Å². The van der Waals surface area contributed by atoms with Crippen molar-refractivity contribution in [3.8, 4) is 0 Å². The van der Waals surface area contributed by atoms with E-state index in [1.807, 2.05) is 0 Å². The van der Waals surface area contributed by atoms with Gasteiger partial charge >= 0.3 is 0 Å². The lowest BCUT2D eigenvalue weighted by atomic mass is 10.4. The number of hydrogen-bond acceptors (Lipinski definition) is 1. The molecule has 0 saturated carbocycles. The molecule has 10 heavy (non-hydrogen) atoms. The molecular weight excluding hydrogens is 220 g/mol. The third kappa shape index (κ3) is 1.67.